The molecule has 0 fully saturated rings. The molecule has 126 valence electrons. The van der Waals surface area contributed by atoms with E-state index < -0.39 is 0 Å². The van der Waals surface area contributed by atoms with Crippen LogP contribution in [0.25, 0.3) is 21.9 Å². The van der Waals surface area contributed by atoms with E-state index in [9.17, 15) is 5.26 Å². The molecule has 0 spiro atoms. The van der Waals surface area contributed by atoms with Crippen LogP contribution in [0.15, 0.2) is 54.6 Å². The Hall–Kier alpha value is -3.03. The third kappa shape index (κ3) is 3.42. The van der Waals surface area contributed by atoms with E-state index in [1.165, 1.54) is 0 Å². The predicted octanol–water partition coefficient (Wildman–Crippen LogP) is 3.82. The molecule has 0 amide bonds. The van der Waals surface area contributed by atoms with E-state index in [4.69, 9.17) is 9.84 Å². The van der Waals surface area contributed by atoms with Crippen LogP contribution < -0.4 is 9.64 Å². The summed E-state index contributed by atoms with van der Waals surface area (Å²) in [7, 11) is 4.04. The summed E-state index contributed by atoms with van der Waals surface area (Å²) in [5, 5.41) is 20.8. The molecular weight excluding hydrogens is 312 g/mol. The Labute approximate surface area is 147 Å². The second-order valence-electron chi connectivity index (χ2n) is 6.00. The largest absolute Gasteiger partial charge is 0.490 e. The van der Waals surface area contributed by atoms with E-state index in [0.29, 0.717) is 11.3 Å². The highest BCUT2D eigenvalue weighted by Crippen LogP contribution is 2.32. The number of ether oxygens (including phenoxy) is 1. The molecule has 0 aliphatic carbocycles. The number of rotatable bonds is 5. The van der Waals surface area contributed by atoms with Crippen molar-refractivity contribution in [3.63, 3.8) is 0 Å². The highest BCUT2D eigenvalue weighted by atomic mass is 16.5. The maximum atomic E-state index is 9.57. The van der Waals surface area contributed by atoms with Crippen LogP contribution in [0.1, 0.15) is 5.56 Å². The van der Waals surface area contributed by atoms with Gasteiger partial charge in [-0.15, -0.1) is 0 Å². The number of nitriles is 1. The van der Waals surface area contributed by atoms with Crippen molar-refractivity contribution < 1.29 is 9.84 Å². The van der Waals surface area contributed by atoms with Gasteiger partial charge in [0.05, 0.1) is 6.61 Å². The smallest absolute Gasteiger partial charge is 0.137 e. The Balaban J connectivity index is 2.07. The first-order valence-electron chi connectivity index (χ1n) is 8.12. The fourth-order valence-electron chi connectivity index (χ4n) is 2.84. The summed E-state index contributed by atoms with van der Waals surface area (Å²) >= 11 is 0. The van der Waals surface area contributed by atoms with Crippen LogP contribution in [0.3, 0.4) is 0 Å². The molecule has 0 unspecified atom stereocenters. The standard InChI is InChI=1S/C21H20N2O2/c1-23(2)18-9-8-15-12-17(7-6-16(15)13-18)19-4-3-5-21(20(19)14-22)25-11-10-24/h3-9,12-13,24H,10-11H2,1-2H3. The molecule has 4 heteroatoms. The van der Waals surface area contributed by atoms with Crippen LogP contribution in [0.5, 0.6) is 5.75 Å². The lowest BCUT2D eigenvalue weighted by molar-refractivity contribution is 0.201. The van der Waals surface area contributed by atoms with Crippen LogP contribution in [0, 0.1) is 11.3 Å². The lowest BCUT2D eigenvalue weighted by Gasteiger charge is -2.14. The topological polar surface area (TPSA) is 56.5 Å². The summed E-state index contributed by atoms with van der Waals surface area (Å²) < 4.78 is 5.49. The summed E-state index contributed by atoms with van der Waals surface area (Å²) in [4.78, 5) is 2.07. The molecule has 0 bridgehead atoms. The van der Waals surface area contributed by atoms with Gasteiger partial charge in [0, 0.05) is 25.3 Å². The molecule has 0 aromatic heterocycles. The van der Waals surface area contributed by atoms with Crippen molar-refractivity contribution in [3.8, 4) is 22.9 Å². The molecule has 25 heavy (non-hydrogen) atoms. The fourth-order valence-corrected chi connectivity index (χ4v) is 2.84. The number of anilines is 1. The van der Waals surface area contributed by atoms with Gasteiger partial charge in [0.1, 0.15) is 24.0 Å². The van der Waals surface area contributed by atoms with E-state index in [-0.39, 0.29) is 13.2 Å². The monoisotopic (exact) mass is 332 g/mol. The number of aliphatic hydroxyl groups excluding tert-OH is 1. The van der Waals surface area contributed by atoms with Gasteiger partial charge in [-0.1, -0.05) is 30.3 Å². The zero-order chi connectivity index (χ0) is 17.8. The minimum absolute atomic E-state index is 0.0840. The summed E-state index contributed by atoms with van der Waals surface area (Å²) in [5.74, 6) is 0.497. The van der Waals surface area contributed by atoms with E-state index in [1.807, 2.05) is 32.3 Å². The third-order valence-corrected chi connectivity index (χ3v) is 4.14. The summed E-state index contributed by atoms with van der Waals surface area (Å²) in [6.07, 6.45) is 0. The van der Waals surface area contributed by atoms with Crippen LogP contribution in [-0.4, -0.2) is 32.4 Å². The SMILES string of the molecule is CN(C)c1ccc2cc(-c3cccc(OCCO)c3C#N)ccc2c1. The lowest BCUT2D eigenvalue weighted by Crippen LogP contribution is -2.07. The predicted molar refractivity (Wildman–Crippen MR) is 101 cm³/mol. The zero-order valence-corrected chi connectivity index (χ0v) is 14.4. The molecular formula is C21H20N2O2. The maximum Gasteiger partial charge on any atom is 0.137 e. The zero-order valence-electron chi connectivity index (χ0n) is 14.4. The van der Waals surface area contributed by atoms with Crippen LogP contribution >= 0.6 is 0 Å². The number of aliphatic hydroxyl groups is 1. The minimum Gasteiger partial charge on any atom is -0.490 e. The Bertz CT molecular complexity index is 942. The average Bonchev–Trinajstić information content (AvgIpc) is 2.64. The lowest BCUT2D eigenvalue weighted by atomic mass is 9.97. The van der Waals surface area contributed by atoms with Gasteiger partial charge in [0.15, 0.2) is 0 Å². The van der Waals surface area contributed by atoms with Gasteiger partial charge in [-0.05, 0) is 40.6 Å². The molecule has 0 aliphatic heterocycles. The highest BCUT2D eigenvalue weighted by molar-refractivity contribution is 5.90. The van der Waals surface area contributed by atoms with E-state index >= 15 is 0 Å². The third-order valence-electron chi connectivity index (χ3n) is 4.14. The van der Waals surface area contributed by atoms with Crippen molar-refractivity contribution in [2.45, 2.75) is 0 Å². The van der Waals surface area contributed by atoms with Crippen molar-refractivity contribution in [2.75, 3.05) is 32.2 Å². The molecule has 3 aromatic rings. The van der Waals surface area contributed by atoms with E-state index in [1.54, 1.807) is 6.07 Å². The van der Waals surface area contributed by atoms with Gasteiger partial charge in [0.25, 0.3) is 0 Å². The number of nitrogens with zero attached hydrogens (tertiary/aromatic N) is 2. The summed E-state index contributed by atoms with van der Waals surface area (Å²) in [5.41, 5.74) is 3.44. The van der Waals surface area contributed by atoms with Crippen LogP contribution in [0.2, 0.25) is 0 Å². The van der Waals surface area contributed by atoms with Crippen molar-refractivity contribution in [1.82, 2.24) is 0 Å². The van der Waals surface area contributed by atoms with Crippen molar-refractivity contribution >= 4 is 16.5 Å². The second kappa shape index (κ2) is 7.25. The number of benzene rings is 3. The summed E-state index contributed by atoms with van der Waals surface area (Å²) in [6, 6.07) is 20.3. The number of hydrogen-bond acceptors (Lipinski definition) is 4. The second-order valence-corrected chi connectivity index (χ2v) is 6.00. The Morgan fingerprint density at radius 3 is 2.52 bits per heavy atom. The first-order valence-corrected chi connectivity index (χ1v) is 8.12. The van der Waals surface area contributed by atoms with Gasteiger partial charge in [-0.3, -0.25) is 0 Å². The minimum atomic E-state index is -0.0840. The van der Waals surface area contributed by atoms with Crippen LogP contribution in [0.4, 0.5) is 5.69 Å². The maximum absolute atomic E-state index is 9.57. The molecule has 3 aromatic carbocycles. The average molecular weight is 332 g/mol. The van der Waals surface area contributed by atoms with E-state index in [2.05, 4.69) is 41.3 Å². The first-order chi connectivity index (χ1) is 12.1. The highest BCUT2D eigenvalue weighted by Gasteiger charge is 2.11. The molecule has 0 atom stereocenters. The molecule has 0 aliphatic rings. The summed E-state index contributed by atoms with van der Waals surface area (Å²) in [6.45, 7) is 0.0858. The fraction of sp³-hybridized carbons (Fsp3) is 0.190. The number of hydrogen-bond donors (Lipinski definition) is 1. The van der Waals surface area contributed by atoms with Crippen molar-refractivity contribution in [1.29, 1.82) is 5.26 Å². The molecule has 0 heterocycles. The molecule has 4 nitrogen and oxygen atoms in total. The normalized spacial score (nSPS) is 10.5. The van der Waals surface area contributed by atoms with Gasteiger partial charge in [0.2, 0.25) is 0 Å². The van der Waals surface area contributed by atoms with Gasteiger partial charge in [-0.2, -0.15) is 5.26 Å². The molecule has 3 rings (SSSR count). The Kier molecular flexibility index (Phi) is 4.87. The molecule has 0 saturated carbocycles. The van der Waals surface area contributed by atoms with Crippen molar-refractivity contribution in [2.24, 2.45) is 0 Å². The van der Waals surface area contributed by atoms with Crippen molar-refractivity contribution in [3.05, 3.63) is 60.2 Å². The van der Waals surface area contributed by atoms with Gasteiger partial charge >= 0.3 is 0 Å². The van der Waals surface area contributed by atoms with Gasteiger partial charge in [-0.25, -0.2) is 0 Å². The van der Waals surface area contributed by atoms with Crippen LogP contribution in [-0.2, 0) is 0 Å². The molecule has 0 saturated heterocycles. The van der Waals surface area contributed by atoms with Gasteiger partial charge < -0.3 is 14.7 Å². The molecule has 1 N–H and O–H groups in total. The Morgan fingerprint density at radius 1 is 1.04 bits per heavy atom. The first kappa shape index (κ1) is 16.8. The quantitative estimate of drug-likeness (QED) is 0.772. The number of fused-ring (bicyclic) bond motifs is 1. The molecule has 0 radical (unpaired) electrons. The van der Waals surface area contributed by atoms with E-state index in [0.717, 1.165) is 27.6 Å². The Morgan fingerprint density at radius 2 is 1.80 bits per heavy atom.